The van der Waals surface area contributed by atoms with E-state index in [0.717, 1.165) is 5.56 Å². The maximum atomic E-state index is 12.9. The van der Waals surface area contributed by atoms with Gasteiger partial charge in [-0.25, -0.2) is 0 Å². The maximum Gasteiger partial charge on any atom is 0.308 e. The molecule has 2 aromatic carbocycles. The highest BCUT2D eigenvalue weighted by atomic mass is 16.6. The lowest BCUT2D eigenvalue weighted by molar-refractivity contribution is -0.143. The van der Waals surface area contributed by atoms with Crippen LogP contribution in [0.1, 0.15) is 35.3 Å². The summed E-state index contributed by atoms with van der Waals surface area (Å²) in [5.41, 5.74) is 1.17. The zero-order valence-corrected chi connectivity index (χ0v) is 15.9. The molecule has 1 heterocycles. The van der Waals surface area contributed by atoms with E-state index in [4.69, 9.17) is 18.9 Å². The molecule has 1 aliphatic rings. The first kappa shape index (κ1) is 19.5. The molecular weight excluding hydrogens is 362 g/mol. The fourth-order valence-corrected chi connectivity index (χ4v) is 2.97. The quantitative estimate of drug-likeness (QED) is 0.738. The molecule has 0 aliphatic carbocycles. The van der Waals surface area contributed by atoms with Gasteiger partial charge in [-0.1, -0.05) is 30.3 Å². The average Bonchev–Trinajstić information content (AvgIpc) is 2.73. The fourth-order valence-electron chi connectivity index (χ4n) is 2.97. The Kier molecular flexibility index (Phi) is 6.37. The van der Waals surface area contributed by atoms with Crippen LogP contribution in [0.5, 0.6) is 17.2 Å². The van der Waals surface area contributed by atoms with Gasteiger partial charge in [-0.15, -0.1) is 0 Å². The standard InChI is InChI=1S/C21H23NO6/c1-3-26-19(23)13-16(14-7-5-4-6-8-14)22-21(24)15-11-17(25-2)20-18(12-15)27-9-10-28-20/h4-8,11-12,16H,3,9-10,13H2,1-2H3,(H,22,24). The number of esters is 1. The van der Waals surface area contributed by atoms with E-state index >= 15 is 0 Å². The van der Waals surface area contributed by atoms with E-state index in [2.05, 4.69) is 5.32 Å². The molecule has 0 radical (unpaired) electrons. The minimum absolute atomic E-state index is 0.0330. The van der Waals surface area contributed by atoms with Gasteiger partial charge in [0.2, 0.25) is 5.75 Å². The van der Waals surface area contributed by atoms with Crippen LogP contribution in [0.3, 0.4) is 0 Å². The minimum atomic E-state index is -0.521. The Hall–Kier alpha value is -3.22. The highest BCUT2D eigenvalue weighted by Crippen LogP contribution is 2.40. The van der Waals surface area contributed by atoms with Gasteiger partial charge in [-0.05, 0) is 24.6 Å². The van der Waals surface area contributed by atoms with Crippen LogP contribution < -0.4 is 19.5 Å². The summed E-state index contributed by atoms with van der Waals surface area (Å²) in [6, 6.07) is 12.0. The van der Waals surface area contributed by atoms with Crippen molar-refractivity contribution >= 4 is 11.9 Å². The molecule has 0 saturated carbocycles. The molecule has 1 unspecified atom stereocenters. The van der Waals surface area contributed by atoms with Crippen LogP contribution in [-0.2, 0) is 9.53 Å². The van der Waals surface area contributed by atoms with Gasteiger partial charge in [0, 0.05) is 5.56 Å². The Bertz CT molecular complexity index is 819. The molecular formula is C21H23NO6. The number of hydrogen-bond acceptors (Lipinski definition) is 6. The topological polar surface area (TPSA) is 83.1 Å². The second kappa shape index (κ2) is 9.12. The third-order valence-electron chi connectivity index (χ3n) is 4.27. The maximum absolute atomic E-state index is 12.9. The van der Waals surface area contributed by atoms with Crippen LogP contribution in [0, 0.1) is 0 Å². The zero-order chi connectivity index (χ0) is 19.9. The largest absolute Gasteiger partial charge is 0.493 e. The Morgan fingerprint density at radius 3 is 2.61 bits per heavy atom. The lowest BCUT2D eigenvalue weighted by Gasteiger charge is -2.22. The molecule has 7 heteroatoms. The van der Waals surface area contributed by atoms with Crippen LogP contribution in [0.15, 0.2) is 42.5 Å². The highest BCUT2D eigenvalue weighted by Gasteiger charge is 2.24. The van der Waals surface area contributed by atoms with Crippen LogP contribution >= 0.6 is 0 Å². The van der Waals surface area contributed by atoms with Crippen molar-refractivity contribution in [3.05, 3.63) is 53.6 Å². The molecule has 7 nitrogen and oxygen atoms in total. The zero-order valence-electron chi connectivity index (χ0n) is 15.9. The number of benzene rings is 2. The SMILES string of the molecule is CCOC(=O)CC(NC(=O)c1cc(OC)c2c(c1)OCCO2)c1ccccc1. The van der Waals surface area contributed by atoms with Gasteiger partial charge in [0.05, 0.1) is 26.2 Å². The number of ether oxygens (including phenoxy) is 4. The molecule has 0 aromatic heterocycles. The normalized spacial score (nSPS) is 13.4. The lowest BCUT2D eigenvalue weighted by Crippen LogP contribution is -2.31. The third-order valence-corrected chi connectivity index (χ3v) is 4.27. The highest BCUT2D eigenvalue weighted by molar-refractivity contribution is 5.96. The minimum Gasteiger partial charge on any atom is -0.493 e. The molecule has 2 aromatic rings. The molecule has 148 valence electrons. The number of methoxy groups -OCH3 is 1. The summed E-state index contributed by atoms with van der Waals surface area (Å²) in [6.07, 6.45) is 0.0330. The molecule has 1 aliphatic heterocycles. The predicted octanol–water partition coefficient (Wildman–Crippen LogP) is 2.89. The average molecular weight is 385 g/mol. The third kappa shape index (κ3) is 4.54. The van der Waals surface area contributed by atoms with E-state index in [0.29, 0.717) is 36.0 Å². The van der Waals surface area contributed by atoms with Crippen molar-refractivity contribution < 1.29 is 28.5 Å². The number of hydrogen-bond donors (Lipinski definition) is 1. The van der Waals surface area contributed by atoms with E-state index in [9.17, 15) is 9.59 Å². The number of nitrogens with one attached hydrogen (secondary N) is 1. The molecule has 0 bridgehead atoms. The van der Waals surface area contributed by atoms with Crippen LogP contribution in [0.25, 0.3) is 0 Å². The number of amides is 1. The monoisotopic (exact) mass is 385 g/mol. The summed E-state index contributed by atoms with van der Waals surface area (Å²) in [6.45, 7) is 2.85. The van der Waals surface area contributed by atoms with E-state index in [1.54, 1.807) is 19.1 Å². The van der Waals surface area contributed by atoms with Gasteiger partial charge >= 0.3 is 5.97 Å². The lowest BCUT2D eigenvalue weighted by atomic mass is 10.0. The number of rotatable bonds is 7. The summed E-state index contributed by atoms with van der Waals surface area (Å²) < 4.78 is 21.5. The summed E-state index contributed by atoms with van der Waals surface area (Å²) in [7, 11) is 1.50. The Morgan fingerprint density at radius 1 is 1.14 bits per heavy atom. The Morgan fingerprint density at radius 2 is 1.89 bits per heavy atom. The summed E-state index contributed by atoms with van der Waals surface area (Å²) >= 11 is 0. The number of carbonyl (C=O) groups is 2. The van der Waals surface area contributed by atoms with Gasteiger partial charge in [0.1, 0.15) is 13.2 Å². The van der Waals surface area contributed by atoms with E-state index < -0.39 is 6.04 Å². The second-order valence-corrected chi connectivity index (χ2v) is 6.15. The van der Waals surface area contributed by atoms with Crippen molar-refractivity contribution in [3.8, 4) is 17.2 Å². The van der Waals surface area contributed by atoms with Crippen LogP contribution in [0.2, 0.25) is 0 Å². The molecule has 0 fully saturated rings. The molecule has 1 amide bonds. The van der Waals surface area contributed by atoms with Crippen molar-refractivity contribution in [2.24, 2.45) is 0 Å². The van der Waals surface area contributed by atoms with E-state index in [1.165, 1.54) is 7.11 Å². The molecule has 1 N–H and O–H groups in total. The number of carbonyl (C=O) groups excluding carboxylic acids is 2. The first-order valence-corrected chi connectivity index (χ1v) is 9.11. The van der Waals surface area contributed by atoms with E-state index in [-0.39, 0.29) is 24.9 Å². The second-order valence-electron chi connectivity index (χ2n) is 6.15. The summed E-state index contributed by atoms with van der Waals surface area (Å²) in [4.78, 5) is 24.9. The van der Waals surface area contributed by atoms with Gasteiger partial charge in [-0.3, -0.25) is 9.59 Å². The molecule has 1 atom stereocenters. The van der Waals surface area contributed by atoms with Crippen LogP contribution in [0.4, 0.5) is 0 Å². The fraction of sp³-hybridized carbons (Fsp3) is 0.333. The number of fused-ring (bicyclic) bond motifs is 1. The Balaban J connectivity index is 1.84. The molecule has 0 spiro atoms. The first-order chi connectivity index (χ1) is 13.6. The van der Waals surface area contributed by atoms with Crippen molar-refractivity contribution in [1.29, 1.82) is 0 Å². The van der Waals surface area contributed by atoms with E-state index in [1.807, 2.05) is 30.3 Å². The Labute approximate surface area is 163 Å². The van der Waals surface area contributed by atoms with Gasteiger partial charge in [0.15, 0.2) is 11.5 Å². The van der Waals surface area contributed by atoms with Crippen molar-refractivity contribution in [2.75, 3.05) is 26.9 Å². The van der Waals surface area contributed by atoms with Crippen molar-refractivity contribution in [3.63, 3.8) is 0 Å². The molecule has 28 heavy (non-hydrogen) atoms. The predicted molar refractivity (Wildman–Crippen MR) is 102 cm³/mol. The first-order valence-electron chi connectivity index (χ1n) is 9.11. The van der Waals surface area contributed by atoms with Gasteiger partial charge < -0.3 is 24.3 Å². The summed E-state index contributed by atoms with van der Waals surface area (Å²) in [5.74, 6) is 0.627. The molecule has 0 saturated heterocycles. The van der Waals surface area contributed by atoms with Gasteiger partial charge in [0.25, 0.3) is 5.91 Å². The van der Waals surface area contributed by atoms with Crippen LogP contribution in [-0.4, -0.2) is 38.8 Å². The van der Waals surface area contributed by atoms with Crippen molar-refractivity contribution in [1.82, 2.24) is 5.32 Å². The molecule has 3 rings (SSSR count). The summed E-state index contributed by atoms with van der Waals surface area (Å²) in [5, 5.41) is 2.91. The van der Waals surface area contributed by atoms with Crippen molar-refractivity contribution in [2.45, 2.75) is 19.4 Å². The smallest absolute Gasteiger partial charge is 0.308 e. The van der Waals surface area contributed by atoms with Gasteiger partial charge in [-0.2, -0.15) is 0 Å².